The van der Waals surface area contributed by atoms with Gasteiger partial charge in [0.1, 0.15) is 16.6 Å². The summed E-state index contributed by atoms with van der Waals surface area (Å²) in [5, 5.41) is 8.83. The Kier molecular flexibility index (Phi) is 7.73. The molecule has 6 nitrogen and oxygen atoms in total. The minimum Gasteiger partial charge on any atom is -0.506 e. The predicted octanol–water partition coefficient (Wildman–Crippen LogP) is 5.87. The average molecular weight is 534 g/mol. The molecule has 0 aliphatic rings. The van der Waals surface area contributed by atoms with Gasteiger partial charge in [0.25, 0.3) is 0 Å². The Labute approximate surface area is 196 Å². The van der Waals surface area contributed by atoms with Crippen molar-refractivity contribution in [3.05, 3.63) is 57.5 Å². The molecular weight excluding hydrogens is 522 g/mol. The van der Waals surface area contributed by atoms with Crippen LogP contribution in [0, 0.1) is 0 Å². The average Bonchev–Trinajstić information content (AvgIpc) is 2.73. The Hall–Kier alpha value is -3.06. The lowest BCUT2D eigenvalue weighted by Gasteiger charge is -2.30. The highest BCUT2D eigenvalue weighted by Gasteiger charge is 2.73. The van der Waals surface area contributed by atoms with Crippen LogP contribution in [-0.2, 0) is 10.4 Å². The summed E-state index contributed by atoms with van der Waals surface area (Å²) in [5.74, 6) is -2.12. The van der Waals surface area contributed by atoms with Crippen LogP contribution in [0.5, 0.6) is 5.75 Å². The van der Waals surface area contributed by atoms with Crippen molar-refractivity contribution in [2.75, 3.05) is 7.11 Å². The van der Waals surface area contributed by atoms with Gasteiger partial charge < -0.3 is 15.6 Å². The number of rotatable bonds is 5. The van der Waals surface area contributed by atoms with Gasteiger partial charge in [0, 0.05) is 35.3 Å². The summed E-state index contributed by atoms with van der Waals surface area (Å²) in [6.45, 7) is 0. The van der Waals surface area contributed by atoms with E-state index in [2.05, 4.69) is 14.7 Å². The molecule has 0 saturated heterocycles. The van der Waals surface area contributed by atoms with Gasteiger partial charge in [-0.05, 0) is 18.2 Å². The lowest BCUT2D eigenvalue weighted by atomic mass is 9.93. The molecule has 0 radical (unpaired) electrons. The molecule has 184 valence electrons. The number of methoxy groups -OCH3 is 1. The SMILES string of the molecule is COC(=O)c1cc(/C(C=Nc2c(O)cc(C(F)(C(F)(F)F)C(F)(F)F)cc2Cl)=C/N)cnc1Cl. The van der Waals surface area contributed by atoms with Crippen LogP contribution in [0.1, 0.15) is 21.5 Å². The summed E-state index contributed by atoms with van der Waals surface area (Å²) in [4.78, 5) is 19.2. The molecule has 3 N–H and O–H groups in total. The first-order valence-corrected chi connectivity index (χ1v) is 9.39. The number of carbonyl (C=O) groups is 1. The van der Waals surface area contributed by atoms with Crippen LogP contribution in [0.2, 0.25) is 10.2 Å². The topological polar surface area (TPSA) is 97.8 Å². The van der Waals surface area contributed by atoms with Gasteiger partial charge in [0.2, 0.25) is 0 Å². The van der Waals surface area contributed by atoms with Gasteiger partial charge in [0.15, 0.2) is 0 Å². The van der Waals surface area contributed by atoms with Gasteiger partial charge in [0.05, 0.1) is 17.7 Å². The number of aromatic hydroxyl groups is 1. The molecule has 0 bridgehead atoms. The number of carbonyl (C=O) groups excluding carboxylic acids is 1. The smallest absolute Gasteiger partial charge is 0.435 e. The molecule has 0 saturated carbocycles. The predicted molar refractivity (Wildman–Crippen MR) is 109 cm³/mol. The number of allylic oxidation sites excluding steroid dienone is 1. The summed E-state index contributed by atoms with van der Waals surface area (Å²) in [6.07, 6.45) is -9.79. The number of esters is 1. The molecule has 15 heteroatoms. The van der Waals surface area contributed by atoms with Gasteiger partial charge >= 0.3 is 24.0 Å². The number of ether oxygens (including phenoxy) is 1. The lowest BCUT2D eigenvalue weighted by Crippen LogP contribution is -2.50. The number of phenolic OH excluding ortho intramolecular Hbond substituents is 1. The minimum atomic E-state index is -6.40. The summed E-state index contributed by atoms with van der Waals surface area (Å²) in [5.41, 5.74) is -2.99. The first kappa shape index (κ1) is 27.2. The lowest BCUT2D eigenvalue weighted by molar-refractivity contribution is -0.348. The van der Waals surface area contributed by atoms with Crippen LogP contribution < -0.4 is 5.73 Å². The van der Waals surface area contributed by atoms with Crippen LogP contribution >= 0.6 is 23.2 Å². The van der Waals surface area contributed by atoms with Crippen LogP contribution in [0.4, 0.5) is 36.4 Å². The van der Waals surface area contributed by atoms with Crippen molar-refractivity contribution in [3.8, 4) is 5.75 Å². The maximum Gasteiger partial charge on any atom is 0.435 e. The third-order valence-electron chi connectivity index (χ3n) is 4.31. The van der Waals surface area contributed by atoms with Crippen molar-refractivity contribution in [2.45, 2.75) is 18.0 Å². The van der Waals surface area contributed by atoms with Gasteiger partial charge in [-0.15, -0.1) is 0 Å². The molecule has 0 atom stereocenters. The number of hydrogen-bond donors (Lipinski definition) is 2. The Balaban J connectivity index is 2.53. The number of nitrogens with zero attached hydrogens (tertiary/aromatic N) is 2. The summed E-state index contributed by atoms with van der Waals surface area (Å²) in [6, 6.07) is 1.16. The van der Waals surface area contributed by atoms with Gasteiger partial charge in [-0.25, -0.2) is 14.2 Å². The van der Waals surface area contributed by atoms with Crippen molar-refractivity contribution < 1.29 is 45.4 Å². The number of hydrogen-bond acceptors (Lipinski definition) is 6. The zero-order valence-corrected chi connectivity index (χ0v) is 18.1. The molecule has 0 spiro atoms. The van der Waals surface area contributed by atoms with Crippen molar-refractivity contribution >= 4 is 46.6 Å². The maximum absolute atomic E-state index is 14.2. The van der Waals surface area contributed by atoms with Crippen molar-refractivity contribution in [1.82, 2.24) is 4.98 Å². The van der Waals surface area contributed by atoms with E-state index in [1.807, 2.05) is 0 Å². The summed E-state index contributed by atoms with van der Waals surface area (Å²) in [7, 11) is 1.09. The van der Waals surface area contributed by atoms with E-state index in [-0.39, 0.29) is 34.0 Å². The zero-order chi connectivity index (χ0) is 26.1. The van der Waals surface area contributed by atoms with Crippen molar-refractivity contribution in [2.24, 2.45) is 10.7 Å². The summed E-state index contributed by atoms with van der Waals surface area (Å²) >= 11 is 11.5. The number of nitrogens with two attached hydrogens (primary N) is 1. The number of halogens is 9. The number of phenols is 1. The molecule has 0 unspecified atom stereocenters. The van der Waals surface area contributed by atoms with E-state index < -0.39 is 46.0 Å². The monoisotopic (exact) mass is 533 g/mol. The molecular formula is C19H12Cl2F7N3O3. The fourth-order valence-corrected chi connectivity index (χ4v) is 3.05. The van der Waals surface area contributed by atoms with Crippen LogP contribution in [0.15, 0.2) is 35.6 Å². The largest absolute Gasteiger partial charge is 0.506 e. The molecule has 2 aromatic rings. The number of aliphatic imine (C=N–C) groups is 1. The third kappa shape index (κ3) is 5.04. The number of pyridine rings is 1. The fourth-order valence-electron chi connectivity index (χ4n) is 2.61. The van der Waals surface area contributed by atoms with Gasteiger partial charge in [-0.1, -0.05) is 23.2 Å². The number of benzene rings is 1. The fraction of sp³-hybridized carbons (Fsp3) is 0.211. The quantitative estimate of drug-likeness (QED) is 0.217. The molecule has 34 heavy (non-hydrogen) atoms. The van der Waals surface area contributed by atoms with Gasteiger partial charge in [-0.2, -0.15) is 26.3 Å². The van der Waals surface area contributed by atoms with Gasteiger partial charge in [-0.3, -0.25) is 4.99 Å². The maximum atomic E-state index is 14.2. The third-order valence-corrected chi connectivity index (χ3v) is 4.90. The molecule has 0 fully saturated rings. The molecule has 1 aromatic carbocycles. The highest BCUT2D eigenvalue weighted by Crippen LogP contribution is 2.55. The summed E-state index contributed by atoms with van der Waals surface area (Å²) < 4.78 is 96.6. The van der Waals surface area contributed by atoms with E-state index in [9.17, 15) is 40.6 Å². The van der Waals surface area contributed by atoms with Crippen LogP contribution in [0.25, 0.3) is 5.57 Å². The second-order valence-corrected chi connectivity index (χ2v) is 7.18. The molecule has 0 aliphatic heterocycles. The normalized spacial score (nSPS) is 13.4. The van der Waals surface area contributed by atoms with E-state index in [1.165, 1.54) is 6.07 Å². The molecule has 1 aromatic heterocycles. The minimum absolute atomic E-state index is 0.0132. The first-order chi connectivity index (χ1) is 15.6. The van der Waals surface area contributed by atoms with E-state index in [4.69, 9.17) is 28.9 Å². The van der Waals surface area contributed by atoms with Crippen LogP contribution in [-0.4, -0.2) is 41.7 Å². The zero-order valence-electron chi connectivity index (χ0n) is 16.6. The van der Waals surface area contributed by atoms with Crippen LogP contribution in [0.3, 0.4) is 0 Å². The molecule has 0 amide bonds. The molecule has 1 heterocycles. The highest BCUT2D eigenvalue weighted by atomic mass is 35.5. The first-order valence-electron chi connectivity index (χ1n) is 8.64. The number of alkyl halides is 7. The van der Waals surface area contributed by atoms with E-state index in [1.54, 1.807) is 0 Å². The van der Waals surface area contributed by atoms with E-state index >= 15 is 0 Å². The molecule has 0 aliphatic carbocycles. The van der Waals surface area contributed by atoms with Crippen molar-refractivity contribution in [1.29, 1.82) is 0 Å². The highest BCUT2D eigenvalue weighted by molar-refractivity contribution is 6.34. The second-order valence-electron chi connectivity index (χ2n) is 6.41. The standard InChI is InChI=1S/C19H12Cl2F7N3O3/c1-34-16(33)11-2-8(6-31-15(11)21)9(5-29)7-30-14-12(20)3-10(4-13(14)32)17(22,18(23,24)25)19(26,27)28/h2-7,32H,29H2,1H3/b9-5+,30-7?. The van der Waals surface area contributed by atoms with Crippen molar-refractivity contribution in [3.63, 3.8) is 0 Å². The Morgan fingerprint density at radius 1 is 1.12 bits per heavy atom. The Morgan fingerprint density at radius 2 is 1.71 bits per heavy atom. The van der Waals surface area contributed by atoms with E-state index in [0.717, 1.165) is 25.7 Å². The molecule has 2 rings (SSSR count). The number of aromatic nitrogens is 1. The second kappa shape index (κ2) is 9.66. The Bertz CT molecular complexity index is 1130. The Morgan fingerprint density at radius 3 is 2.18 bits per heavy atom. The van der Waals surface area contributed by atoms with E-state index in [0.29, 0.717) is 0 Å².